The first-order valence-corrected chi connectivity index (χ1v) is 7.76. The van der Waals surface area contributed by atoms with Crippen LogP contribution in [0.25, 0.3) is 0 Å². The fraction of sp³-hybridized carbons (Fsp3) is 0.800. The minimum atomic E-state index is -0.903. The van der Waals surface area contributed by atoms with Crippen molar-refractivity contribution in [2.24, 2.45) is 11.8 Å². The molecule has 1 N–H and O–H groups in total. The zero-order chi connectivity index (χ0) is 15.4. The van der Waals surface area contributed by atoms with Crippen LogP contribution in [0.2, 0.25) is 0 Å². The molecule has 1 saturated carbocycles. The van der Waals surface area contributed by atoms with E-state index in [-0.39, 0.29) is 11.9 Å². The van der Waals surface area contributed by atoms with E-state index in [0.29, 0.717) is 32.4 Å². The first-order valence-electron chi connectivity index (χ1n) is 7.76. The molecule has 0 aromatic heterocycles. The lowest BCUT2D eigenvalue weighted by molar-refractivity contribution is -0.158. The summed E-state index contributed by atoms with van der Waals surface area (Å²) in [6.07, 6.45) is 4.24. The molecular formula is C15H23NO5. The molecule has 118 valence electrons. The van der Waals surface area contributed by atoms with Crippen molar-refractivity contribution in [1.29, 1.82) is 0 Å². The smallest absolute Gasteiger partial charge is 0.328 e. The lowest BCUT2D eigenvalue weighted by Crippen LogP contribution is -2.47. The fourth-order valence-corrected chi connectivity index (χ4v) is 3.45. The maximum absolute atomic E-state index is 12.7. The molecule has 2 rings (SSSR count). The Kier molecular flexibility index (Phi) is 5.20. The normalized spacial score (nSPS) is 29.2. The average Bonchev–Trinajstić information content (AvgIpc) is 2.96. The van der Waals surface area contributed by atoms with Crippen LogP contribution in [0.1, 0.15) is 45.4 Å². The number of nitrogens with zero attached hydrogens (tertiary/aromatic N) is 1. The van der Waals surface area contributed by atoms with Gasteiger partial charge in [0.2, 0.25) is 5.91 Å². The number of rotatable bonds is 4. The lowest BCUT2D eigenvalue weighted by atomic mass is 9.78. The number of ether oxygens (including phenoxy) is 1. The third-order valence-electron chi connectivity index (χ3n) is 4.49. The first kappa shape index (κ1) is 15.8. The van der Waals surface area contributed by atoms with Crippen molar-refractivity contribution in [3.05, 3.63) is 0 Å². The van der Waals surface area contributed by atoms with Crippen LogP contribution in [0.15, 0.2) is 0 Å². The number of carboxylic acid groups (broad SMARTS) is 1. The molecule has 3 unspecified atom stereocenters. The highest BCUT2D eigenvalue weighted by Gasteiger charge is 2.43. The summed E-state index contributed by atoms with van der Waals surface area (Å²) in [7, 11) is 0. The molecule has 6 heteroatoms. The summed E-state index contributed by atoms with van der Waals surface area (Å²) in [5.74, 6) is -2.57. The molecule has 21 heavy (non-hydrogen) atoms. The van der Waals surface area contributed by atoms with Crippen molar-refractivity contribution >= 4 is 17.8 Å². The van der Waals surface area contributed by atoms with Gasteiger partial charge in [0.15, 0.2) is 0 Å². The van der Waals surface area contributed by atoms with Crippen molar-refractivity contribution in [2.75, 3.05) is 13.2 Å². The molecule has 0 aromatic carbocycles. The van der Waals surface area contributed by atoms with Crippen molar-refractivity contribution in [3.8, 4) is 0 Å². The van der Waals surface area contributed by atoms with Gasteiger partial charge in [0, 0.05) is 6.54 Å². The van der Waals surface area contributed by atoms with Gasteiger partial charge in [0.1, 0.15) is 6.04 Å². The third kappa shape index (κ3) is 3.36. The molecule has 2 fully saturated rings. The second-order valence-corrected chi connectivity index (χ2v) is 5.78. The number of aliphatic carboxylic acids is 1. The van der Waals surface area contributed by atoms with Crippen LogP contribution >= 0.6 is 0 Å². The molecule has 1 saturated heterocycles. The zero-order valence-electron chi connectivity index (χ0n) is 12.4. The van der Waals surface area contributed by atoms with E-state index in [1.807, 2.05) is 0 Å². The van der Waals surface area contributed by atoms with Crippen LogP contribution in [0.5, 0.6) is 0 Å². The molecular weight excluding hydrogens is 274 g/mol. The Labute approximate surface area is 124 Å². The van der Waals surface area contributed by atoms with E-state index in [4.69, 9.17) is 4.74 Å². The van der Waals surface area contributed by atoms with Crippen LogP contribution in [-0.2, 0) is 19.1 Å². The average molecular weight is 297 g/mol. The largest absolute Gasteiger partial charge is 0.481 e. The van der Waals surface area contributed by atoms with Crippen molar-refractivity contribution in [3.63, 3.8) is 0 Å². The summed E-state index contributed by atoms with van der Waals surface area (Å²) in [6, 6.07) is -0.533. The summed E-state index contributed by atoms with van der Waals surface area (Å²) in [5, 5.41) is 9.30. The number of hydrogen-bond donors (Lipinski definition) is 1. The fourth-order valence-electron chi connectivity index (χ4n) is 3.45. The Hall–Kier alpha value is -1.59. The molecule has 0 spiro atoms. The van der Waals surface area contributed by atoms with Crippen LogP contribution < -0.4 is 0 Å². The number of amides is 1. The van der Waals surface area contributed by atoms with Crippen molar-refractivity contribution < 1.29 is 24.2 Å². The number of esters is 1. The maximum atomic E-state index is 12.7. The second kappa shape index (κ2) is 6.91. The van der Waals surface area contributed by atoms with E-state index in [2.05, 4.69) is 0 Å². The molecule has 3 atom stereocenters. The monoisotopic (exact) mass is 297 g/mol. The summed E-state index contributed by atoms with van der Waals surface area (Å²) in [4.78, 5) is 37.5. The SMILES string of the molecule is CCOC(=O)C1CCCN1C(=O)C1CCCCC1C(=O)O. The van der Waals surface area contributed by atoms with Gasteiger partial charge in [-0.3, -0.25) is 9.59 Å². The first-order chi connectivity index (χ1) is 10.1. The van der Waals surface area contributed by atoms with Crippen molar-refractivity contribution in [1.82, 2.24) is 4.90 Å². The summed E-state index contributed by atoms with van der Waals surface area (Å²) >= 11 is 0. The number of likely N-dealkylation sites (tertiary alicyclic amines) is 1. The van der Waals surface area contributed by atoms with Gasteiger partial charge in [0.25, 0.3) is 0 Å². The number of carbonyl (C=O) groups excluding carboxylic acids is 2. The van der Waals surface area contributed by atoms with E-state index in [9.17, 15) is 19.5 Å². The molecule has 1 aliphatic carbocycles. The minimum Gasteiger partial charge on any atom is -0.481 e. The van der Waals surface area contributed by atoms with Gasteiger partial charge in [-0.2, -0.15) is 0 Å². The Balaban J connectivity index is 2.10. The van der Waals surface area contributed by atoms with Gasteiger partial charge in [-0.1, -0.05) is 12.8 Å². The minimum absolute atomic E-state index is 0.183. The molecule has 0 aromatic rings. The standard InChI is InChI=1S/C15H23NO5/c1-2-21-15(20)12-8-5-9-16(12)13(17)10-6-3-4-7-11(10)14(18)19/h10-12H,2-9H2,1H3,(H,18,19). The van der Waals surface area contributed by atoms with Gasteiger partial charge in [0.05, 0.1) is 18.4 Å². The van der Waals surface area contributed by atoms with E-state index >= 15 is 0 Å². The molecule has 0 radical (unpaired) electrons. The van der Waals surface area contributed by atoms with E-state index in [0.717, 1.165) is 19.3 Å². The van der Waals surface area contributed by atoms with Gasteiger partial charge >= 0.3 is 11.9 Å². The van der Waals surface area contributed by atoms with Gasteiger partial charge in [-0.05, 0) is 32.6 Å². The topological polar surface area (TPSA) is 83.9 Å². The molecule has 2 aliphatic rings. The summed E-state index contributed by atoms with van der Waals surface area (Å²) in [6.45, 7) is 2.55. The zero-order valence-corrected chi connectivity index (χ0v) is 12.4. The third-order valence-corrected chi connectivity index (χ3v) is 4.49. The van der Waals surface area contributed by atoms with E-state index in [1.165, 1.54) is 0 Å². The molecule has 1 amide bonds. The number of carbonyl (C=O) groups is 3. The lowest BCUT2D eigenvalue weighted by Gasteiger charge is -2.33. The predicted molar refractivity (Wildman–Crippen MR) is 74.5 cm³/mol. The second-order valence-electron chi connectivity index (χ2n) is 5.78. The highest BCUT2D eigenvalue weighted by atomic mass is 16.5. The summed E-state index contributed by atoms with van der Waals surface area (Å²) in [5.41, 5.74) is 0. The Morgan fingerprint density at radius 3 is 2.38 bits per heavy atom. The predicted octanol–water partition coefficient (Wildman–Crippen LogP) is 1.43. The van der Waals surface area contributed by atoms with Crippen LogP contribution in [0, 0.1) is 11.8 Å². The molecule has 6 nitrogen and oxygen atoms in total. The number of carboxylic acids is 1. The quantitative estimate of drug-likeness (QED) is 0.794. The Bertz CT molecular complexity index is 422. The molecule has 1 aliphatic heterocycles. The van der Waals surface area contributed by atoms with E-state index < -0.39 is 23.8 Å². The van der Waals surface area contributed by atoms with Gasteiger partial charge in [-0.25, -0.2) is 4.79 Å². The Morgan fingerprint density at radius 2 is 1.76 bits per heavy atom. The van der Waals surface area contributed by atoms with Crippen LogP contribution in [0.4, 0.5) is 0 Å². The van der Waals surface area contributed by atoms with E-state index in [1.54, 1.807) is 11.8 Å². The van der Waals surface area contributed by atoms with Gasteiger partial charge < -0.3 is 14.7 Å². The Morgan fingerprint density at radius 1 is 1.10 bits per heavy atom. The summed E-state index contributed by atoms with van der Waals surface area (Å²) < 4.78 is 5.02. The highest BCUT2D eigenvalue weighted by Crippen LogP contribution is 2.33. The maximum Gasteiger partial charge on any atom is 0.328 e. The van der Waals surface area contributed by atoms with Crippen LogP contribution in [0.3, 0.4) is 0 Å². The van der Waals surface area contributed by atoms with Crippen molar-refractivity contribution in [2.45, 2.75) is 51.5 Å². The van der Waals surface area contributed by atoms with Crippen LogP contribution in [-0.4, -0.2) is 47.0 Å². The highest BCUT2D eigenvalue weighted by molar-refractivity contribution is 5.89. The molecule has 0 bridgehead atoms. The number of hydrogen-bond acceptors (Lipinski definition) is 4. The molecule has 1 heterocycles. The van der Waals surface area contributed by atoms with Gasteiger partial charge in [-0.15, -0.1) is 0 Å².